The zero-order valence-electron chi connectivity index (χ0n) is 10.9. The molecule has 0 aliphatic heterocycles. The van der Waals surface area contributed by atoms with Crippen LogP contribution in [0.3, 0.4) is 0 Å². The summed E-state index contributed by atoms with van der Waals surface area (Å²) in [6, 6.07) is 12.7. The summed E-state index contributed by atoms with van der Waals surface area (Å²) in [5, 5.41) is 0. The van der Waals surface area contributed by atoms with Gasteiger partial charge in [0.2, 0.25) is 0 Å². The van der Waals surface area contributed by atoms with Gasteiger partial charge < -0.3 is 4.74 Å². The molecule has 0 amide bonds. The van der Waals surface area contributed by atoms with Crippen molar-refractivity contribution in [2.24, 2.45) is 0 Å². The average Bonchev–Trinajstić information content (AvgIpc) is 2.39. The van der Waals surface area contributed by atoms with E-state index in [0.29, 0.717) is 11.5 Å². The maximum absolute atomic E-state index is 13.9. The Morgan fingerprint density at radius 2 is 1.67 bits per heavy atom. The molecule has 2 aromatic carbocycles. The second kappa shape index (κ2) is 5.21. The lowest BCUT2D eigenvalue weighted by atomic mass is 9.97. The first-order chi connectivity index (χ1) is 8.61. The minimum atomic E-state index is -0.190. The Kier molecular flexibility index (Phi) is 3.66. The van der Waals surface area contributed by atoms with Crippen molar-refractivity contribution in [3.8, 4) is 16.9 Å². The lowest BCUT2D eigenvalue weighted by Crippen LogP contribution is -1.91. The van der Waals surface area contributed by atoms with Crippen LogP contribution in [0.5, 0.6) is 5.75 Å². The molecule has 94 valence electrons. The van der Waals surface area contributed by atoms with Gasteiger partial charge in [-0.05, 0) is 41.3 Å². The first-order valence-corrected chi connectivity index (χ1v) is 6.05. The molecule has 0 atom stereocenters. The molecule has 0 saturated carbocycles. The molecular weight excluding hydrogens is 227 g/mol. The fourth-order valence-electron chi connectivity index (χ4n) is 1.89. The lowest BCUT2D eigenvalue weighted by Gasteiger charge is -2.10. The van der Waals surface area contributed by atoms with Gasteiger partial charge in [-0.2, -0.15) is 0 Å². The largest absolute Gasteiger partial charge is 0.497 e. The number of benzene rings is 2. The third-order valence-electron chi connectivity index (χ3n) is 3.06. The van der Waals surface area contributed by atoms with Gasteiger partial charge in [0.1, 0.15) is 11.6 Å². The Balaban J connectivity index is 2.45. The molecule has 0 bridgehead atoms. The van der Waals surface area contributed by atoms with E-state index in [0.717, 1.165) is 16.9 Å². The molecule has 0 N–H and O–H groups in total. The van der Waals surface area contributed by atoms with E-state index in [1.165, 1.54) is 6.07 Å². The highest BCUT2D eigenvalue weighted by atomic mass is 19.1. The number of hydrogen-bond acceptors (Lipinski definition) is 1. The molecule has 0 aromatic heterocycles. The predicted molar refractivity (Wildman–Crippen MR) is 72.5 cm³/mol. The van der Waals surface area contributed by atoms with Gasteiger partial charge in [0.15, 0.2) is 0 Å². The van der Waals surface area contributed by atoms with E-state index < -0.39 is 0 Å². The summed E-state index contributed by atoms with van der Waals surface area (Å²) < 4.78 is 19.0. The molecule has 0 saturated heterocycles. The van der Waals surface area contributed by atoms with Crippen molar-refractivity contribution in [3.05, 3.63) is 53.8 Å². The number of hydrogen-bond donors (Lipinski definition) is 0. The maximum Gasteiger partial charge on any atom is 0.131 e. The topological polar surface area (TPSA) is 9.23 Å². The van der Waals surface area contributed by atoms with Crippen LogP contribution >= 0.6 is 0 Å². The van der Waals surface area contributed by atoms with Crippen LogP contribution in [-0.2, 0) is 0 Å². The molecular formula is C16H17FO. The Labute approximate surface area is 107 Å². The van der Waals surface area contributed by atoms with Crippen LogP contribution < -0.4 is 4.74 Å². The molecule has 2 aromatic rings. The van der Waals surface area contributed by atoms with Gasteiger partial charge in [0, 0.05) is 5.56 Å². The van der Waals surface area contributed by atoms with E-state index in [1.54, 1.807) is 7.11 Å². The second-order valence-electron chi connectivity index (χ2n) is 4.62. The van der Waals surface area contributed by atoms with Crippen molar-refractivity contribution in [3.63, 3.8) is 0 Å². The molecule has 2 heteroatoms. The van der Waals surface area contributed by atoms with E-state index in [2.05, 4.69) is 13.8 Å². The van der Waals surface area contributed by atoms with E-state index in [-0.39, 0.29) is 5.82 Å². The molecule has 0 aliphatic carbocycles. The quantitative estimate of drug-likeness (QED) is 0.765. The highest BCUT2D eigenvalue weighted by molar-refractivity contribution is 5.65. The highest BCUT2D eigenvalue weighted by Crippen LogP contribution is 2.28. The molecule has 0 heterocycles. The highest BCUT2D eigenvalue weighted by Gasteiger charge is 2.08. The summed E-state index contributed by atoms with van der Waals surface area (Å²) in [6.45, 7) is 4.20. The Morgan fingerprint density at radius 1 is 1.00 bits per heavy atom. The molecule has 0 fully saturated rings. The van der Waals surface area contributed by atoms with Gasteiger partial charge in [-0.1, -0.05) is 32.0 Å². The molecule has 18 heavy (non-hydrogen) atoms. The summed E-state index contributed by atoms with van der Waals surface area (Å²) in [5.41, 5.74) is 2.65. The second-order valence-corrected chi connectivity index (χ2v) is 4.62. The third kappa shape index (κ3) is 2.53. The summed E-state index contributed by atoms with van der Waals surface area (Å²) in [6.07, 6.45) is 0. The van der Waals surface area contributed by atoms with Crippen molar-refractivity contribution >= 4 is 0 Å². The summed E-state index contributed by atoms with van der Waals surface area (Å²) in [5.74, 6) is 0.978. The average molecular weight is 244 g/mol. The van der Waals surface area contributed by atoms with Crippen molar-refractivity contribution in [1.82, 2.24) is 0 Å². The van der Waals surface area contributed by atoms with Crippen LogP contribution in [0, 0.1) is 5.82 Å². The molecule has 0 radical (unpaired) electrons. The Bertz CT molecular complexity index is 529. The maximum atomic E-state index is 13.9. The van der Waals surface area contributed by atoms with Gasteiger partial charge in [0.25, 0.3) is 0 Å². The molecule has 2 rings (SSSR count). The Morgan fingerprint density at radius 3 is 2.22 bits per heavy atom. The number of rotatable bonds is 3. The fourth-order valence-corrected chi connectivity index (χ4v) is 1.89. The zero-order chi connectivity index (χ0) is 13.1. The zero-order valence-corrected chi connectivity index (χ0v) is 10.9. The van der Waals surface area contributed by atoms with Crippen LogP contribution in [0.1, 0.15) is 25.3 Å². The third-order valence-corrected chi connectivity index (χ3v) is 3.06. The summed E-state index contributed by atoms with van der Waals surface area (Å²) in [4.78, 5) is 0. The SMILES string of the molecule is COc1ccc(-c2cc(C(C)C)ccc2F)cc1. The monoisotopic (exact) mass is 244 g/mol. The normalized spacial score (nSPS) is 10.7. The predicted octanol–water partition coefficient (Wildman–Crippen LogP) is 4.62. The fraction of sp³-hybridized carbons (Fsp3) is 0.250. The van der Waals surface area contributed by atoms with Crippen molar-refractivity contribution in [2.75, 3.05) is 7.11 Å². The van der Waals surface area contributed by atoms with Gasteiger partial charge in [-0.25, -0.2) is 4.39 Å². The van der Waals surface area contributed by atoms with Crippen molar-refractivity contribution in [2.45, 2.75) is 19.8 Å². The van der Waals surface area contributed by atoms with Gasteiger partial charge in [-0.3, -0.25) is 0 Å². The van der Waals surface area contributed by atoms with E-state index in [1.807, 2.05) is 36.4 Å². The van der Waals surface area contributed by atoms with Crippen molar-refractivity contribution < 1.29 is 9.13 Å². The van der Waals surface area contributed by atoms with E-state index in [4.69, 9.17) is 4.74 Å². The van der Waals surface area contributed by atoms with Crippen molar-refractivity contribution in [1.29, 1.82) is 0 Å². The minimum Gasteiger partial charge on any atom is -0.497 e. The summed E-state index contributed by atoms with van der Waals surface area (Å²) in [7, 11) is 1.62. The van der Waals surface area contributed by atoms with Gasteiger partial charge >= 0.3 is 0 Å². The number of ether oxygens (including phenoxy) is 1. The first-order valence-electron chi connectivity index (χ1n) is 6.05. The van der Waals surface area contributed by atoms with Crippen LogP contribution in [0.2, 0.25) is 0 Å². The summed E-state index contributed by atoms with van der Waals surface area (Å²) >= 11 is 0. The molecule has 0 aliphatic rings. The van der Waals surface area contributed by atoms with Crippen LogP contribution in [0.4, 0.5) is 4.39 Å². The molecule has 1 nitrogen and oxygen atoms in total. The minimum absolute atomic E-state index is 0.190. The molecule has 0 spiro atoms. The van der Waals surface area contributed by atoms with Gasteiger partial charge in [0.05, 0.1) is 7.11 Å². The lowest BCUT2D eigenvalue weighted by molar-refractivity contribution is 0.415. The number of halogens is 1. The molecule has 0 unspecified atom stereocenters. The Hall–Kier alpha value is -1.83. The van der Waals surface area contributed by atoms with E-state index >= 15 is 0 Å². The first kappa shape index (κ1) is 12.6. The van der Waals surface area contributed by atoms with Crippen LogP contribution in [0.25, 0.3) is 11.1 Å². The van der Waals surface area contributed by atoms with Gasteiger partial charge in [-0.15, -0.1) is 0 Å². The smallest absolute Gasteiger partial charge is 0.131 e. The standard InChI is InChI=1S/C16H17FO/c1-11(2)13-6-9-16(17)15(10-13)12-4-7-14(18-3)8-5-12/h4-11H,1-3H3. The van der Waals surface area contributed by atoms with Crippen LogP contribution in [-0.4, -0.2) is 7.11 Å². The number of methoxy groups -OCH3 is 1. The van der Waals surface area contributed by atoms with E-state index in [9.17, 15) is 4.39 Å². The van der Waals surface area contributed by atoms with Crippen LogP contribution in [0.15, 0.2) is 42.5 Å².